The molecule has 4 nitrogen and oxygen atoms in total. The summed E-state index contributed by atoms with van der Waals surface area (Å²) >= 11 is 0. The molecule has 0 unspecified atom stereocenters. The highest BCUT2D eigenvalue weighted by molar-refractivity contribution is 5.46. The smallest absolute Gasteiger partial charge is 0.249 e. The van der Waals surface area contributed by atoms with Gasteiger partial charge in [0.05, 0.1) is 5.56 Å². The molecule has 0 atom stereocenters. The molecule has 0 aromatic carbocycles. The predicted molar refractivity (Wildman–Crippen MR) is 36.2 cm³/mol. The molecule has 0 aliphatic rings. The Kier molecular flexibility index (Phi) is 1.42. The van der Waals surface area contributed by atoms with Crippen LogP contribution in [0.5, 0.6) is 0 Å². The number of nitrogen functional groups attached to an aromatic ring is 1. The average Bonchev–Trinajstić information content (AvgIpc) is 1.88. The van der Waals surface area contributed by atoms with E-state index in [-0.39, 0.29) is 11.4 Å². The molecule has 50 valence electrons. The third-order valence-electron chi connectivity index (χ3n) is 1.07. The SMILES string of the molecule is N#Cc1ccc(=O)[nH]c1N. The fraction of sp³-hybridized carbons (Fsp3) is 0. The first-order valence-corrected chi connectivity index (χ1v) is 2.63. The van der Waals surface area contributed by atoms with Crippen molar-refractivity contribution in [3.63, 3.8) is 0 Å². The Morgan fingerprint density at radius 1 is 1.60 bits per heavy atom. The lowest BCUT2D eigenvalue weighted by Crippen LogP contribution is -2.07. The normalized spacial score (nSPS) is 8.70. The van der Waals surface area contributed by atoms with Crippen molar-refractivity contribution in [1.82, 2.24) is 4.98 Å². The molecule has 0 bridgehead atoms. The standard InChI is InChI=1S/C6H5N3O/c7-3-4-1-2-5(10)9-6(4)8/h1-2H,(H3,8,9,10). The molecule has 0 fully saturated rings. The molecule has 3 N–H and O–H groups in total. The van der Waals surface area contributed by atoms with Gasteiger partial charge in [-0.25, -0.2) is 0 Å². The van der Waals surface area contributed by atoms with Gasteiger partial charge in [-0.2, -0.15) is 5.26 Å². The second-order valence-corrected chi connectivity index (χ2v) is 1.76. The summed E-state index contributed by atoms with van der Waals surface area (Å²) in [4.78, 5) is 12.8. The van der Waals surface area contributed by atoms with Crippen LogP contribution in [0.1, 0.15) is 5.56 Å². The Bertz CT molecular complexity index is 334. The van der Waals surface area contributed by atoms with E-state index in [4.69, 9.17) is 11.0 Å². The van der Waals surface area contributed by atoms with Crippen molar-refractivity contribution in [3.8, 4) is 6.07 Å². The second kappa shape index (κ2) is 2.23. The van der Waals surface area contributed by atoms with E-state index in [2.05, 4.69) is 4.98 Å². The van der Waals surface area contributed by atoms with Crippen LogP contribution >= 0.6 is 0 Å². The van der Waals surface area contributed by atoms with E-state index in [1.54, 1.807) is 0 Å². The summed E-state index contributed by atoms with van der Waals surface area (Å²) in [5, 5.41) is 8.36. The molecule has 1 aromatic heterocycles. The highest BCUT2D eigenvalue weighted by Gasteiger charge is 1.94. The lowest BCUT2D eigenvalue weighted by molar-refractivity contribution is 1.23. The monoisotopic (exact) mass is 135 g/mol. The van der Waals surface area contributed by atoms with Gasteiger partial charge >= 0.3 is 0 Å². The third-order valence-corrected chi connectivity index (χ3v) is 1.07. The van der Waals surface area contributed by atoms with Crippen molar-refractivity contribution < 1.29 is 0 Å². The van der Waals surface area contributed by atoms with Gasteiger partial charge in [0.25, 0.3) is 0 Å². The number of nitrogens with two attached hydrogens (primary N) is 1. The number of aromatic amines is 1. The quantitative estimate of drug-likeness (QED) is 0.518. The van der Waals surface area contributed by atoms with Crippen molar-refractivity contribution in [3.05, 3.63) is 28.0 Å². The van der Waals surface area contributed by atoms with E-state index in [1.165, 1.54) is 12.1 Å². The molecular weight excluding hydrogens is 130 g/mol. The topological polar surface area (TPSA) is 82.7 Å². The maximum Gasteiger partial charge on any atom is 0.249 e. The number of pyridine rings is 1. The Labute approximate surface area is 56.9 Å². The van der Waals surface area contributed by atoms with E-state index < -0.39 is 0 Å². The molecule has 10 heavy (non-hydrogen) atoms. The first-order valence-electron chi connectivity index (χ1n) is 2.63. The minimum absolute atomic E-state index is 0.120. The van der Waals surface area contributed by atoms with Gasteiger partial charge in [0.1, 0.15) is 11.9 Å². The lowest BCUT2D eigenvalue weighted by Gasteiger charge is -1.91. The van der Waals surface area contributed by atoms with Crippen molar-refractivity contribution in [1.29, 1.82) is 5.26 Å². The summed E-state index contributed by atoms with van der Waals surface area (Å²) in [5.74, 6) is 0.120. The lowest BCUT2D eigenvalue weighted by atomic mass is 10.3. The molecule has 4 heteroatoms. The summed E-state index contributed by atoms with van der Waals surface area (Å²) in [6, 6.07) is 4.47. The molecule has 0 saturated carbocycles. The molecule has 0 aliphatic heterocycles. The molecule has 1 rings (SSSR count). The largest absolute Gasteiger partial charge is 0.384 e. The van der Waals surface area contributed by atoms with Crippen molar-refractivity contribution in [2.75, 3.05) is 5.73 Å². The van der Waals surface area contributed by atoms with Crippen molar-refractivity contribution >= 4 is 5.82 Å². The number of nitrogens with zero attached hydrogens (tertiary/aromatic N) is 1. The van der Waals surface area contributed by atoms with Crippen LogP contribution in [-0.4, -0.2) is 4.98 Å². The van der Waals surface area contributed by atoms with Gasteiger partial charge in [-0.15, -0.1) is 0 Å². The number of nitrogens with one attached hydrogen (secondary N) is 1. The molecule has 0 spiro atoms. The molecule has 0 saturated heterocycles. The maximum absolute atomic E-state index is 10.5. The van der Waals surface area contributed by atoms with Crippen LogP contribution in [0, 0.1) is 11.3 Å². The number of anilines is 1. The van der Waals surface area contributed by atoms with Crippen LogP contribution < -0.4 is 11.3 Å². The summed E-state index contributed by atoms with van der Waals surface area (Å²) < 4.78 is 0. The Morgan fingerprint density at radius 2 is 2.30 bits per heavy atom. The van der Waals surface area contributed by atoms with Crippen LogP contribution in [0.2, 0.25) is 0 Å². The van der Waals surface area contributed by atoms with Crippen molar-refractivity contribution in [2.45, 2.75) is 0 Å². The second-order valence-electron chi connectivity index (χ2n) is 1.76. The van der Waals surface area contributed by atoms with E-state index in [0.29, 0.717) is 5.56 Å². The van der Waals surface area contributed by atoms with E-state index in [1.807, 2.05) is 6.07 Å². The fourth-order valence-electron chi connectivity index (χ4n) is 0.588. The Balaban J connectivity index is 3.37. The van der Waals surface area contributed by atoms with E-state index in [9.17, 15) is 4.79 Å². The number of hydrogen-bond donors (Lipinski definition) is 2. The maximum atomic E-state index is 10.5. The van der Waals surface area contributed by atoms with Crippen LogP contribution in [-0.2, 0) is 0 Å². The molecule has 0 amide bonds. The molecule has 1 aromatic rings. The minimum atomic E-state index is -0.295. The Morgan fingerprint density at radius 3 is 2.80 bits per heavy atom. The number of hydrogen-bond acceptors (Lipinski definition) is 3. The Hall–Kier alpha value is -1.76. The minimum Gasteiger partial charge on any atom is -0.384 e. The highest BCUT2D eigenvalue weighted by atomic mass is 16.1. The van der Waals surface area contributed by atoms with Gasteiger partial charge in [0.15, 0.2) is 0 Å². The summed E-state index contributed by atoms with van der Waals surface area (Å²) in [6.07, 6.45) is 0. The first kappa shape index (κ1) is 6.36. The zero-order valence-electron chi connectivity index (χ0n) is 5.09. The zero-order chi connectivity index (χ0) is 7.56. The molecule has 0 aliphatic carbocycles. The van der Waals surface area contributed by atoms with E-state index >= 15 is 0 Å². The van der Waals surface area contributed by atoms with Crippen LogP contribution in [0.3, 0.4) is 0 Å². The van der Waals surface area contributed by atoms with E-state index in [0.717, 1.165) is 0 Å². The fourth-order valence-corrected chi connectivity index (χ4v) is 0.588. The average molecular weight is 135 g/mol. The van der Waals surface area contributed by atoms with Crippen LogP contribution in [0.4, 0.5) is 5.82 Å². The summed E-state index contributed by atoms with van der Waals surface area (Å²) in [5.41, 5.74) is 5.25. The van der Waals surface area contributed by atoms with Gasteiger partial charge in [0, 0.05) is 6.07 Å². The molecular formula is C6H5N3O. The van der Waals surface area contributed by atoms with Gasteiger partial charge in [-0.3, -0.25) is 4.79 Å². The molecule has 1 heterocycles. The summed E-state index contributed by atoms with van der Waals surface area (Å²) in [6.45, 7) is 0. The predicted octanol–water partition coefficient (Wildman–Crippen LogP) is -0.171. The molecule has 0 radical (unpaired) electrons. The number of H-pyrrole nitrogens is 1. The van der Waals surface area contributed by atoms with Crippen LogP contribution in [0.15, 0.2) is 16.9 Å². The third kappa shape index (κ3) is 0.977. The van der Waals surface area contributed by atoms with Gasteiger partial charge < -0.3 is 10.7 Å². The summed E-state index contributed by atoms with van der Waals surface area (Å²) in [7, 11) is 0. The van der Waals surface area contributed by atoms with Gasteiger partial charge in [0.2, 0.25) is 5.56 Å². The number of rotatable bonds is 0. The first-order chi connectivity index (χ1) is 4.74. The van der Waals surface area contributed by atoms with Crippen molar-refractivity contribution in [2.24, 2.45) is 0 Å². The number of aromatic nitrogens is 1. The zero-order valence-corrected chi connectivity index (χ0v) is 5.09. The van der Waals surface area contributed by atoms with Gasteiger partial charge in [-0.05, 0) is 6.07 Å². The number of nitriles is 1. The van der Waals surface area contributed by atoms with Gasteiger partial charge in [-0.1, -0.05) is 0 Å². The highest BCUT2D eigenvalue weighted by Crippen LogP contribution is 2.00. The van der Waals surface area contributed by atoms with Crippen LogP contribution in [0.25, 0.3) is 0 Å².